The Morgan fingerprint density at radius 2 is 1.81 bits per heavy atom. The van der Waals surface area contributed by atoms with Crippen molar-refractivity contribution in [2.45, 2.75) is 26.0 Å². The van der Waals surface area contributed by atoms with E-state index in [2.05, 4.69) is 0 Å². The highest BCUT2D eigenvalue weighted by molar-refractivity contribution is 7.86. The van der Waals surface area contributed by atoms with Gasteiger partial charge in [0, 0.05) is 11.5 Å². The number of phenolic OH excluding ortho intramolecular Hbond substituents is 1. The fraction of sp³-hybridized carbons (Fsp3) is 0.308. The normalized spacial score (nSPS) is 11.3. The number of rotatable bonds is 1. The maximum Gasteiger partial charge on any atom is 0.355 e. The first kappa shape index (κ1) is 17.5. The Hall–Kier alpha value is -1.57. The van der Waals surface area contributed by atoms with Gasteiger partial charge in [-0.15, -0.1) is 0 Å². The van der Waals surface area contributed by atoms with Gasteiger partial charge in [0.2, 0.25) is 0 Å². The average molecular weight is 335 g/mol. The first-order valence-corrected chi connectivity index (χ1v) is 7.80. The van der Waals surface area contributed by atoms with Crippen LogP contribution in [0.5, 0.6) is 5.75 Å². The number of hydrogen-bond donors (Lipinski definition) is 2. The summed E-state index contributed by atoms with van der Waals surface area (Å²) in [7, 11) is -3.74. The van der Waals surface area contributed by atoms with Gasteiger partial charge in [0.25, 0.3) is 10.1 Å². The molecular formula is C13H15ClO6S. The van der Waals surface area contributed by atoms with Crippen molar-refractivity contribution >= 4 is 32.7 Å². The predicted octanol–water partition coefficient (Wildman–Crippen LogP) is 2.74. The van der Waals surface area contributed by atoms with Crippen LogP contribution in [0.25, 0.3) is 11.0 Å². The molecule has 1 aromatic heterocycles. The molecule has 0 radical (unpaired) electrons. The van der Waals surface area contributed by atoms with Gasteiger partial charge in [-0.05, 0) is 38.5 Å². The summed E-state index contributed by atoms with van der Waals surface area (Å²) in [4.78, 5) is 11.2. The summed E-state index contributed by atoms with van der Waals surface area (Å²) >= 11 is 5.73. The quantitative estimate of drug-likeness (QED) is 0.613. The average Bonchev–Trinajstić information content (AvgIpc) is 2.35. The molecule has 0 aliphatic rings. The second kappa shape index (κ2) is 6.46. The van der Waals surface area contributed by atoms with Crippen molar-refractivity contribution in [2.75, 3.05) is 0 Å². The standard InChI is InChI=1S/C10H7ClO3.C3H8O3S/c1-5-7-3-2-6(12)4-8(7)14-10(13)9(5)11;1-3(2)7(4,5)6/h2-4,12H,1H3;3H,1-2H3,(H,4,5,6). The maximum atomic E-state index is 11.2. The van der Waals surface area contributed by atoms with Gasteiger partial charge >= 0.3 is 5.63 Å². The molecular weight excluding hydrogens is 320 g/mol. The van der Waals surface area contributed by atoms with E-state index in [9.17, 15) is 18.3 Å². The van der Waals surface area contributed by atoms with E-state index in [1.54, 1.807) is 13.0 Å². The van der Waals surface area contributed by atoms with Gasteiger partial charge in [0.05, 0.1) is 5.25 Å². The van der Waals surface area contributed by atoms with Gasteiger partial charge in [0.1, 0.15) is 16.4 Å². The minimum Gasteiger partial charge on any atom is -0.508 e. The summed E-state index contributed by atoms with van der Waals surface area (Å²) in [6, 6.07) is 4.57. The van der Waals surface area contributed by atoms with Gasteiger partial charge < -0.3 is 9.52 Å². The zero-order valence-corrected chi connectivity index (χ0v) is 13.2. The Morgan fingerprint density at radius 3 is 2.29 bits per heavy atom. The van der Waals surface area contributed by atoms with Crippen molar-refractivity contribution in [1.29, 1.82) is 0 Å². The van der Waals surface area contributed by atoms with Crippen LogP contribution in [-0.2, 0) is 10.1 Å². The van der Waals surface area contributed by atoms with Crippen LogP contribution in [0.15, 0.2) is 27.4 Å². The van der Waals surface area contributed by atoms with Crippen molar-refractivity contribution < 1.29 is 22.5 Å². The lowest BCUT2D eigenvalue weighted by Crippen LogP contribution is -2.10. The third-order valence-electron chi connectivity index (χ3n) is 2.68. The molecule has 1 heterocycles. The fourth-order valence-electron chi connectivity index (χ4n) is 1.32. The van der Waals surface area contributed by atoms with Crippen LogP contribution in [-0.4, -0.2) is 23.3 Å². The van der Waals surface area contributed by atoms with Gasteiger partial charge in [-0.1, -0.05) is 11.6 Å². The lowest BCUT2D eigenvalue weighted by atomic mass is 10.1. The first-order valence-electron chi connectivity index (χ1n) is 5.92. The summed E-state index contributed by atoms with van der Waals surface area (Å²) in [6.45, 7) is 4.56. The van der Waals surface area contributed by atoms with Gasteiger partial charge in [-0.3, -0.25) is 4.55 Å². The Kier molecular flexibility index (Phi) is 5.38. The molecule has 0 unspecified atom stereocenters. The lowest BCUT2D eigenvalue weighted by molar-refractivity contribution is 0.472. The molecule has 2 aromatic rings. The predicted molar refractivity (Wildman–Crippen MR) is 80.6 cm³/mol. The molecule has 0 spiro atoms. The molecule has 21 heavy (non-hydrogen) atoms. The third kappa shape index (κ3) is 4.45. The largest absolute Gasteiger partial charge is 0.508 e. The molecule has 1 aromatic carbocycles. The SMILES string of the molecule is CC(C)S(=O)(=O)O.Cc1c(Cl)c(=O)oc2cc(O)ccc12. The minimum absolute atomic E-state index is 0.0578. The van der Waals surface area contributed by atoms with E-state index in [0.29, 0.717) is 11.1 Å². The van der Waals surface area contributed by atoms with Gasteiger partial charge in [-0.25, -0.2) is 4.79 Å². The molecule has 6 nitrogen and oxygen atoms in total. The summed E-state index contributed by atoms with van der Waals surface area (Å²) < 4.78 is 32.7. The zero-order chi connectivity index (χ0) is 16.4. The molecule has 2 N–H and O–H groups in total. The van der Waals surface area contributed by atoms with Gasteiger partial charge in [0.15, 0.2) is 0 Å². The molecule has 0 aliphatic carbocycles. The van der Waals surface area contributed by atoms with Crippen molar-refractivity contribution in [3.63, 3.8) is 0 Å². The van der Waals surface area contributed by atoms with Crippen LogP contribution < -0.4 is 5.63 Å². The second-order valence-electron chi connectivity index (χ2n) is 4.57. The minimum atomic E-state index is -3.74. The maximum absolute atomic E-state index is 11.2. The smallest absolute Gasteiger partial charge is 0.355 e. The molecule has 116 valence electrons. The topological polar surface area (TPSA) is 105 Å². The van der Waals surface area contributed by atoms with Crippen molar-refractivity contribution in [3.8, 4) is 5.75 Å². The van der Waals surface area contributed by atoms with E-state index in [-0.39, 0.29) is 10.8 Å². The Bertz CT molecular complexity index is 807. The molecule has 0 fully saturated rings. The Labute approximate surface area is 126 Å². The van der Waals surface area contributed by atoms with E-state index in [1.165, 1.54) is 26.0 Å². The number of aryl methyl sites for hydroxylation is 1. The number of halogens is 1. The monoisotopic (exact) mass is 334 g/mol. The molecule has 0 saturated carbocycles. The number of phenols is 1. The molecule has 8 heteroatoms. The first-order chi connectivity index (χ1) is 9.54. The van der Waals surface area contributed by atoms with E-state index >= 15 is 0 Å². The molecule has 0 saturated heterocycles. The van der Waals surface area contributed by atoms with E-state index in [4.69, 9.17) is 20.6 Å². The van der Waals surface area contributed by atoms with Crippen molar-refractivity contribution in [3.05, 3.63) is 39.2 Å². The highest BCUT2D eigenvalue weighted by Crippen LogP contribution is 2.24. The highest BCUT2D eigenvalue weighted by Gasteiger charge is 2.09. The van der Waals surface area contributed by atoms with Crippen LogP contribution in [0.4, 0.5) is 0 Å². The Morgan fingerprint density at radius 1 is 1.29 bits per heavy atom. The fourth-order valence-corrected chi connectivity index (χ4v) is 1.46. The van der Waals surface area contributed by atoms with Crippen LogP contribution in [0.1, 0.15) is 19.4 Å². The summed E-state index contributed by atoms with van der Waals surface area (Å²) in [5.74, 6) is 0.0578. The molecule has 0 bridgehead atoms. The number of benzene rings is 1. The number of aromatic hydroxyl groups is 1. The molecule has 2 rings (SSSR count). The number of hydrogen-bond acceptors (Lipinski definition) is 5. The second-order valence-corrected chi connectivity index (χ2v) is 6.92. The van der Waals surface area contributed by atoms with E-state index < -0.39 is 21.0 Å². The molecule has 0 atom stereocenters. The lowest BCUT2D eigenvalue weighted by Gasteiger charge is -2.02. The van der Waals surface area contributed by atoms with Crippen LogP contribution in [0.3, 0.4) is 0 Å². The van der Waals surface area contributed by atoms with E-state index in [0.717, 1.165) is 5.39 Å². The Balaban J connectivity index is 0.000000270. The van der Waals surface area contributed by atoms with Crippen molar-refractivity contribution in [2.24, 2.45) is 0 Å². The third-order valence-corrected chi connectivity index (χ3v) is 4.31. The van der Waals surface area contributed by atoms with Crippen LogP contribution in [0, 0.1) is 6.92 Å². The summed E-state index contributed by atoms with van der Waals surface area (Å²) in [5, 5.41) is 9.33. The van der Waals surface area contributed by atoms with Crippen LogP contribution >= 0.6 is 11.6 Å². The summed E-state index contributed by atoms with van der Waals surface area (Å²) in [6.07, 6.45) is 0. The van der Waals surface area contributed by atoms with Crippen molar-refractivity contribution in [1.82, 2.24) is 0 Å². The summed E-state index contributed by atoms with van der Waals surface area (Å²) in [5.41, 5.74) is 0.428. The molecule has 0 amide bonds. The van der Waals surface area contributed by atoms with Gasteiger partial charge in [-0.2, -0.15) is 8.42 Å². The molecule has 0 aliphatic heterocycles. The zero-order valence-electron chi connectivity index (χ0n) is 11.6. The van der Waals surface area contributed by atoms with Crippen LogP contribution in [0.2, 0.25) is 5.02 Å². The highest BCUT2D eigenvalue weighted by atomic mass is 35.5. The van der Waals surface area contributed by atoms with E-state index in [1.807, 2.05) is 0 Å². The number of fused-ring (bicyclic) bond motifs is 1.